The van der Waals surface area contributed by atoms with Crippen molar-refractivity contribution in [2.75, 3.05) is 50.9 Å². The average molecular weight is 486 g/mol. The molecule has 0 atom stereocenters. The van der Waals surface area contributed by atoms with Crippen LogP contribution in [0.3, 0.4) is 0 Å². The molecule has 2 heterocycles. The van der Waals surface area contributed by atoms with Crippen molar-refractivity contribution in [3.63, 3.8) is 0 Å². The number of amides is 1. The summed E-state index contributed by atoms with van der Waals surface area (Å²) >= 11 is 7.19. The summed E-state index contributed by atoms with van der Waals surface area (Å²) in [5, 5.41) is 1.06. The van der Waals surface area contributed by atoms with E-state index in [1.54, 1.807) is 41.3 Å². The third-order valence-electron chi connectivity index (χ3n) is 4.81. The Balaban J connectivity index is 0.00000272. The lowest BCUT2D eigenvalue weighted by atomic mass is 10.3. The maximum absolute atomic E-state index is 14.1. The van der Waals surface area contributed by atoms with Crippen LogP contribution in [0.4, 0.5) is 9.52 Å². The van der Waals surface area contributed by atoms with E-state index in [1.165, 1.54) is 17.4 Å². The molecule has 2 aromatic carbocycles. The number of rotatable bonds is 7. The van der Waals surface area contributed by atoms with Crippen LogP contribution in [0.2, 0.25) is 5.02 Å². The number of hydrogen-bond donors (Lipinski definition) is 0. The van der Waals surface area contributed by atoms with E-state index in [2.05, 4.69) is 9.88 Å². The van der Waals surface area contributed by atoms with Crippen molar-refractivity contribution >= 4 is 56.6 Å². The number of halogens is 3. The van der Waals surface area contributed by atoms with E-state index in [0.717, 1.165) is 13.1 Å². The van der Waals surface area contributed by atoms with Crippen LogP contribution < -0.4 is 9.64 Å². The molecule has 166 valence electrons. The summed E-state index contributed by atoms with van der Waals surface area (Å²) in [7, 11) is 0. The van der Waals surface area contributed by atoms with Crippen LogP contribution in [-0.4, -0.2) is 61.8 Å². The van der Waals surface area contributed by atoms with Crippen LogP contribution in [0, 0.1) is 5.82 Å². The van der Waals surface area contributed by atoms with Crippen LogP contribution in [0.1, 0.15) is 0 Å². The van der Waals surface area contributed by atoms with Gasteiger partial charge in [-0.2, -0.15) is 0 Å². The number of ether oxygens (including phenoxy) is 2. The standard InChI is InChI=1S/C21H21ClFN3O3S.ClH/c22-15-4-6-16(7-5-15)29-14-19(27)26(9-8-25-10-12-28-13-11-25)21-24-20-17(23)2-1-3-18(20)30-21;/h1-7H,8-14H2;1H. The second kappa shape index (κ2) is 11.1. The normalized spacial score (nSPS) is 14.3. The molecular formula is C21H22Cl2FN3O3S. The Morgan fingerprint density at radius 1 is 1.23 bits per heavy atom. The summed E-state index contributed by atoms with van der Waals surface area (Å²) in [4.78, 5) is 21.2. The van der Waals surface area contributed by atoms with Gasteiger partial charge in [-0.15, -0.1) is 12.4 Å². The van der Waals surface area contributed by atoms with Gasteiger partial charge in [0.1, 0.15) is 17.1 Å². The summed E-state index contributed by atoms with van der Waals surface area (Å²) in [5.41, 5.74) is 0.278. The van der Waals surface area contributed by atoms with Crippen LogP contribution in [0.25, 0.3) is 10.2 Å². The molecule has 3 aromatic rings. The molecule has 0 N–H and O–H groups in total. The third-order valence-corrected chi connectivity index (χ3v) is 6.11. The quantitative estimate of drug-likeness (QED) is 0.500. The Labute approximate surface area is 194 Å². The first kappa shape index (κ1) is 23.7. The van der Waals surface area contributed by atoms with E-state index >= 15 is 0 Å². The predicted molar refractivity (Wildman–Crippen MR) is 123 cm³/mol. The van der Waals surface area contributed by atoms with Crippen molar-refractivity contribution in [2.24, 2.45) is 0 Å². The van der Waals surface area contributed by atoms with Gasteiger partial charge in [0.15, 0.2) is 11.7 Å². The maximum atomic E-state index is 14.1. The predicted octanol–water partition coefficient (Wildman–Crippen LogP) is 4.25. The van der Waals surface area contributed by atoms with Crippen LogP contribution in [0.5, 0.6) is 5.75 Å². The topological polar surface area (TPSA) is 54.9 Å². The van der Waals surface area contributed by atoms with Gasteiger partial charge in [0.05, 0.1) is 17.9 Å². The molecule has 0 bridgehead atoms. The molecule has 1 aliphatic rings. The smallest absolute Gasteiger partial charge is 0.266 e. The van der Waals surface area contributed by atoms with Gasteiger partial charge in [-0.05, 0) is 36.4 Å². The van der Waals surface area contributed by atoms with Gasteiger partial charge in [0.25, 0.3) is 5.91 Å². The second-order valence-electron chi connectivity index (χ2n) is 6.83. The number of anilines is 1. The van der Waals surface area contributed by atoms with Crippen LogP contribution in [0.15, 0.2) is 42.5 Å². The molecule has 0 spiro atoms. The van der Waals surface area contributed by atoms with Gasteiger partial charge in [-0.25, -0.2) is 9.37 Å². The van der Waals surface area contributed by atoms with E-state index in [9.17, 15) is 9.18 Å². The fourth-order valence-corrected chi connectivity index (χ4v) is 4.32. The molecule has 0 radical (unpaired) electrons. The first-order chi connectivity index (χ1) is 14.6. The Morgan fingerprint density at radius 3 is 2.68 bits per heavy atom. The number of morpholine rings is 1. The number of nitrogens with zero attached hydrogens (tertiary/aromatic N) is 3. The number of carbonyl (C=O) groups excluding carboxylic acids is 1. The molecule has 1 saturated heterocycles. The average Bonchev–Trinajstić information content (AvgIpc) is 3.19. The molecule has 31 heavy (non-hydrogen) atoms. The number of thiazole rings is 1. The number of para-hydroxylation sites is 1. The van der Waals surface area contributed by atoms with Gasteiger partial charge in [0.2, 0.25) is 0 Å². The van der Waals surface area contributed by atoms with Gasteiger partial charge in [-0.3, -0.25) is 14.6 Å². The lowest BCUT2D eigenvalue weighted by Crippen LogP contribution is -2.44. The molecule has 6 nitrogen and oxygen atoms in total. The van der Waals surface area contributed by atoms with E-state index in [0.29, 0.717) is 46.9 Å². The van der Waals surface area contributed by atoms with Crippen molar-refractivity contribution in [2.45, 2.75) is 0 Å². The minimum Gasteiger partial charge on any atom is -0.484 e. The highest BCUT2D eigenvalue weighted by atomic mass is 35.5. The van der Waals surface area contributed by atoms with E-state index < -0.39 is 5.82 Å². The Hall–Kier alpha value is -1.97. The third kappa shape index (κ3) is 6.05. The van der Waals surface area contributed by atoms with Crippen molar-refractivity contribution in [3.05, 3.63) is 53.3 Å². The lowest BCUT2D eigenvalue weighted by molar-refractivity contribution is -0.120. The fourth-order valence-electron chi connectivity index (χ4n) is 3.17. The molecule has 0 saturated carbocycles. The number of hydrogen-bond acceptors (Lipinski definition) is 6. The zero-order valence-electron chi connectivity index (χ0n) is 16.6. The number of aromatic nitrogens is 1. The first-order valence-corrected chi connectivity index (χ1v) is 10.8. The van der Waals surface area contributed by atoms with Crippen molar-refractivity contribution in [3.8, 4) is 5.75 Å². The fraction of sp³-hybridized carbons (Fsp3) is 0.333. The molecule has 1 aromatic heterocycles. The molecule has 1 fully saturated rings. The number of fused-ring (bicyclic) bond motifs is 1. The highest BCUT2D eigenvalue weighted by Gasteiger charge is 2.22. The van der Waals surface area contributed by atoms with Gasteiger partial charge < -0.3 is 9.47 Å². The second-order valence-corrected chi connectivity index (χ2v) is 8.27. The Morgan fingerprint density at radius 2 is 1.97 bits per heavy atom. The lowest BCUT2D eigenvalue weighted by Gasteiger charge is -2.29. The van der Waals surface area contributed by atoms with Gasteiger partial charge in [-0.1, -0.05) is 29.0 Å². The maximum Gasteiger partial charge on any atom is 0.266 e. The van der Waals surface area contributed by atoms with Crippen molar-refractivity contribution < 1.29 is 18.7 Å². The molecule has 0 unspecified atom stereocenters. The van der Waals surface area contributed by atoms with Crippen molar-refractivity contribution in [1.29, 1.82) is 0 Å². The molecule has 10 heteroatoms. The summed E-state index contributed by atoms with van der Waals surface area (Å²) in [6, 6.07) is 11.6. The summed E-state index contributed by atoms with van der Waals surface area (Å²) in [6.07, 6.45) is 0. The SMILES string of the molecule is Cl.O=C(COc1ccc(Cl)cc1)N(CCN1CCOCC1)c1nc2c(F)cccc2s1. The number of benzene rings is 2. The van der Waals surface area contributed by atoms with E-state index in [1.807, 2.05) is 0 Å². The Bertz CT molecular complexity index is 1010. The zero-order valence-corrected chi connectivity index (χ0v) is 19.0. The monoisotopic (exact) mass is 485 g/mol. The molecule has 0 aliphatic carbocycles. The first-order valence-electron chi connectivity index (χ1n) is 9.64. The molecule has 1 aliphatic heterocycles. The minimum absolute atomic E-state index is 0. The zero-order chi connectivity index (χ0) is 20.9. The number of carbonyl (C=O) groups is 1. The molecular weight excluding hydrogens is 464 g/mol. The van der Waals surface area contributed by atoms with E-state index in [-0.39, 0.29) is 30.4 Å². The van der Waals surface area contributed by atoms with E-state index in [4.69, 9.17) is 21.1 Å². The largest absolute Gasteiger partial charge is 0.484 e. The summed E-state index contributed by atoms with van der Waals surface area (Å²) < 4.78 is 25.8. The Kier molecular flexibility index (Phi) is 8.45. The van der Waals surface area contributed by atoms with Crippen molar-refractivity contribution in [1.82, 2.24) is 9.88 Å². The molecule has 4 rings (SSSR count). The van der Waals surface area contributed by atoms with Crippen LogP contribution >= 0.6 is 35.3 Å². The molecule has 1 amide bonds. The van der Waals surface area contributed by atoms with Crippen LogP contribution in [-0.2, 0) is 9.53 Å². The highest BCUT2D eigenvalue weighted by Crippen LogP contribution is 2.30. The summed E-state index contributed by atoms with van der Waals surface area (Å²) in [6.45, 7) is 3.96. The van der Waals surface area contributed by atoms with Gasteiger partial charge >= 0.3 is 0 Å². The highest BCUT2D eigenvalue weighted by molar-refractivity contribution is 7.22. The summed E-state index contributed by atoms with van der Waals surface area (Å²) in [5.74, 6) is -0.0816. The van der Waals surface area contributed by atoms with Gasteiger partial charge in [0, 0.05) is 31.2 Å². The minimum atomic E-state index is -0.395.